The minimum Gasteiger partial charge on any atom is -0.392 e. The quantitative estimate of drug-likeness (QED) is 0.469. The van der Waals surface area contributed by atoms with Crippen LogP contribution in [0.4, 0.5) is 0 Å². The fraction of sp³-hybridized carbons (Fsp3) is 0.0909. The number of rotatable bonds is 4. The molecule has 4 nitrogen and oxygen atoms in total. The van der Waals surface area contributed by atoms with Gasteiger partial charge in [-0.05, 0) is 42.8 Å². The third-order valence-electron chi connectivity index (χ3n) is 4.66. The van der Waals surface area contributed by atoms with Crippen molar-refractivity contribution in [3.05, 3.63) is 88.3 Å². The molecule has 4 rings (SSSR count). The molecule has 0 unspecified atom stereocenters. The van der Waals surface area contributed by atoms with E-state index in [4.69, 9.17) is 28.3 Å². The van der Waals surface area contributed by atoms with Crippen LogP contribution in [0.3, 0.4) is 0 Å². The lowest BCUT2D eigenvalue weighted by atomic mass is 10.00. The van der Waals surface area contributed by atoms with Crippen molar-refractivity contribution in [1.82, 2.24) is 14.8 Å². The first kappa shape index (κ1) is 18.7. The molecule has 2 heterocycles. The normalized spacial score (nSPS) is 11.0. The maximum absolute atomic E-state index is 9.81. The third-order valence-corrected chi connectivity index (χ3v) is 5.21. The second-order valence-electron chi connectivity index (χ2n) is 6.37. The van der Waals surface area contributed by atoms with Crippen molar-refractivity contribution in [2.75, 3.05) is 0 Å². The van der Waals surface area contributed by atoms with Crippen molar-refractivity contribution in [3.63, 3.8) is 0 Å². The van der Waals surface area contributed by atoms with Crippen LogP contribution in [0.15, 0.2) is 67.0 Å². The molecule has 1 N–H and O–H groups in total. The fourth-order valence-electron chi connectivity index (χ4n) is 3.32. The van der Waals surface area contributed by atoms with E-state index in [1.807, 2.05) is 55.5 Å². The maximum Gasteiger partial charge on any atom is 0.101 e. The van der Waals surface area contributed by atoms with E-state index < -0.39 is 0 Å². The number of halogens is 2. The van der Waals surface area contributed by atoms with E-state index in [0.717, 1.165) is 28.1 Å². The monoisotopic (exact) mass is 409 g/mol. The Hall–Kier alpha value is -2.66. The fourth-order valence-corrected chi connectivity index (χ4v) is 3.72. The van der Waals surface area contributed by atoms with E-state index in [1.165, 1.54) is 0 Å². The van der Waals surface area contributed by atoms with Crippen LogP contribution in [0.2, 0.25) is 10.0 Å². The lowest BCUT2D eigenvalue weighted by Crippen LogP contribution is -2.04. The first-order chi connectivity index (χ1) is 13.6. The van der Waals surface area contributed by atoms with Gasteiger partial charge in [-0.2, -0.15) is 5.10 Å². The van der Waals surface area contributed by atoms with Crippen molar-refractivity contribution in [1.29, 1.82) is 0 Å². The highest BCUT2D eigenvalue weighted by Crippen LogP contribution is 2.37. The number of aliphatic hydroxyl groups is 1. The van der Waals surface area contributed by atoms with E-state index >= 15 is 0 Å². The highest BCUT2D eigenvalue weighted by molar-refractivity contribution is 6.32. The summed E-state index contributed by atoms with van der Waals surface area (Å²) in [5.41, 5.74) is 6.04. The summed E-state index contributed by atoms with van der Waals surface area (Å²) in [6.07, 6.45) is 3.48. The Bertz CT molecular complexity index is 1120. The van der Waals surface area contributed by atoms with Crippen molar-refractivity contribution < 1.29 is 5.11 Å². The molecule has 140 valence electrons. The highest BCUT2D eigenvalue weighted by Gasteiger charge is 2.21. The van der Waals surface area contributed by atoms with Crippen molar-refractivity contribution in [2.24, 2.45) is 0 Å². The first-order valence-corrected chi connectivity index (χ1v) is 9.50. The van der Waals surface area contributed by atoms with Crippen LogP contribution in [0.25, 0.3) is 28.1 Å². The van der Waals surface area contributed by atoms with Crippen LogP contribution >= 0.6 is 23.2 Å². The molecule has 0 aliphatic carbocycles. The number of para-hydroxylation sites is 1. The highest BCUT2D eigenvalue weighted by atomic mass is 35.5. The van der Waals surface area contributed by atoms with Crippen molar-refractivity contribution in [2.45, 2.75) is 13.5 Å². The molecule has 4 aromatic rings. The second kappa shape index (κ2) is 7.76. The zero-order chi connectivity index (χ0) is 19.7. The van der Waals surface area contributed by atoms with Gasteiger partial charge in [0.25, 0.3) is 0 Å². The molecule has 2 aromatic heterocycles. The Morgan fingerprint density at radius 1 is 0.929 bits per heavy atom. The number of benzene rings is 2. The lowest BCUT2D eigenvalue weighted by molar-refractivity contribution is 0.281. The minimum absolute atomic E-state index is 0.129. The molecule has 0 bridgehead atoms. The Morgan fingerprint density at radius 3 is 2.32 bits per heavy atom. The summed E-state index contributed by atoms with van der Waals surface area (Å²) in [6, 6.07) is 17.0. The summed E-state index contributed by atoms with van der Waals surface area (Å²) in [6.45, 7) is 1.86. The predicted octanol–water partition coefficient (Wildman–Crippen LogP) is 5.71. The topological polar surface area (TPSA) is 50.9 Å². The summed E-state index contributed by atoms with van der Waals surface area (Å²) in [4.78, 5) is 4.11. The van der Waals surface area contributed by atoms with Crippen molar-refractivity contribution >= 4 is 23.2 Å². The molecule has 0 amide bonds. The van der Waals surface area contributed by atoms with Gasteiger partial charge in [-0.25, -0.2) is 4.68 Å². The zero-order valence-electron chi connectivity index (χ0n) is 15.1. The van der Waals surface area contributed by atoms with Crippen LogP contribution < -0.4 is 0 Å². The van der Waals surface area contributed by atoms with Crippen LogP contribution in [0.1, 0.15) is 11.3 Å². The molecule has 2 aromatic carbocycles. The van der Waals surface area contributed by atoms with Crippen LogP contribution in [-0.2, 0) is 6.61 Å². The van der Waals surface area contributed by atoms with Crippen molar-refractivity contribution in [3.8, 4) is 28.1 Å². The molecule has 0 atom stereocenters. The van der Waals surface area contributed by atoms with E-state index in [-0.39, 0.29) is 6.61 Å². The Kier molecular flexibility index (Phi) is 5.18. The summed E-state index contributed by atoms with van der Waals surface area (Å²) in [5.74, 6) is 0. The van der Waals surface area contributed by atoms with Crippen LogP contribution in [0.5, 0.6) is 0 Å². The molecule has 0 fully saturated rings. The molecule has 0 radical (unpaired) electrons. The second-order valence-corrected chi connectivity index (χ2v) is 7.21. The smallest absolute Gasteiger partial charge is 0.101 e. The van der Waals surface area contributed by atoms with Crippen LogP contribution in [0, 0.1) is 6.92 Å². The molecule has 0 aliphatic heterocycles. The van der Waals surface area contributed by atoms with Gasteiger partial charge in [-0.15, -0.1) is 0 Å². The average molecular weight is 410 g/mol. The zero-order valence-corrected chi connectivity index (χ0v) is 16.6. The van der Waals surface area contributed by atoms with Gasteiger partial charge >= 0.3 is 0 Å². The Labute approximate surface area is 173 Å². The van der Waals surface area contributed by atoms with E-state index in [0.29, 0.717) is 21.3 Å². The third kappa shape index (κ3) is 3.31. The number of nitrogens with zero attached hydrogens (tertiary/aromatic N) is 3. The molecule has 0 saturated heterocycles. The summed E-state index contributed by atoms with van der Waals surface area (Å²) < 4.78 is 1.80. The average Bonchev–Trinajstić information content (AvgIpc) is 3.06. The van der Waals surface area contributed by atoms with Gasteiger partial charge in [0, 0.05) is 39.8 Å². The van der Waals surface area contributed by atoms with Gasteiger partial charge in [0.1, 0.15) is 5.69 Å². The van der Waals surface area contributed by atoms with E-state index in [9.17, 15) is 5.11 Å². The number of aromatic nitrogens is 3. The van der Waals surface area contributed by atoms with E-state index in [2.05, 4.69) is 4.98 Å². The summed E-state index contributed by atoms with van der Waals surface area (Å²) >= 11 is 12.6. The van der Waals surface area contributed by atoms with Gasteiger partial charge in [-0.3, -0.25) is 4.98 Å². The number of hydrogen-bond donors (Lipinski definition) is 1. The molecular weight excluding hydrogens is 393 g/mol. The number of pyridine rings is 1. The molecule has 28 heavy (non-hydrogen) atoms. The maximum atomic E-state index is 9.81. The van der Waals surface area contributed by atoms with Gasteiger partial charge in [0.2, 0.25) is 0 Å². The summed E-state index contributed by atoms with van der Waals surface area (Å²) in [5, 5.41) is 15.9. The van der Waals surface area contributed by atoms with Gasteiger partial charge in [0.15, 0.2) is 0 Å². The Morgan fingerprint density at radius 2 is 1.64 bits per heavy atom. The molecule has 0 saturated carbocycles. The predicted molar refractivity (Wildman–Crippen MR) is 113 cm³/mol. The SMILES string of the molecule is Cc1c(-c2ccc(Cl)cc2)c(-c2ccncc2)nn1-c1c(Cl)cccc1CO. The molecule has 6 heteroatoms. The van der Waals surface area contributed by atoms with Gasteiger partial charge in [0.05, 0.1) is 17.3 Å². The molecule has 0 aliphatic rings. The van der Waals surface area contributed by atoms with Crippen LogP contribution in [-0.4, -0.2) is 19.9 Å². The minimum atomic E-state index is -0.129. The number of hydrogen-bond acceptors (Lipinski definition) is 3. The largest absolute Gasteiger partial charge is 0.392 e. The first-order valence-electron chi connectivity index (χ1n) is 8.74. The standard InChI is InChI=1S/C22H17Cl2N3O/c1-14-20(15-5-7-18(23)8-6-15)21(16-9-11-25-12-10-16)26-27(14)22-17(13-28)3-2-4-19(22)24/h2-12,28H,13H2,1H3. The molecular formula is C22H17Cl2N3O. The van der Waals surface area contributed by atoms with E-state index in [1.54, 1.807) is 23.1 Å². The van der Waals surface area contributed by atoms with Gasteiger partial charge < -0.3 is 5.11 Å². The summed E-state index contributed by atoms with van der Waals surface area (Å²) in [7, 11) is 0. The number of aliphatic hydroxyl groups excluding tert-OH is 1. The Balaban J connectivity index is 2.02. The van der Waals surface area contributed by atoms with Gasteiger partial charge in [-0.1, -0.05) is 47.5 Å². The lowest BCUT2D eigenvalue weighted by Gasteiger charge is -2.12. The molecule has 0 spiro atoms.